The van der Waals surface area contributed by atoms with Crippen LogP contribution < -0.4 is 0 Å². The third kappa shape index (κ3) is 3.41. The van der Waals surface area contributed by atoms with Crippen LogP contribution in [0, 0.1) is 5.92 Å². The number of rotatable bonds is 7. The van der Waals surface area contributed by atoms with Gasteiger partial charge in [0.25, 0.3) is 0 Å². The predicted octanol–water partition coefficient (Wildman–Crippen LogP) is 1.75. The number of hydrogen-bond donors (Lipinski definition) is 2. The van der Waals surface area contributed by atoms with E-state index in [4.69, 9.17) is 9.84 Å². The highest BCUT2D eigenvalue weighted by Gasteiger charge is 2.41. The van der Waals surface area contributed by atoms with Crippen LogP contribution in [0.5, 0.6) is 0 Å². The molecular formula is C13H20O4. The smallest absolute Gasteiger partial charge is 0.313 e. The van der Waals surface area contributed by atoms with E-state index in [-0.39, 0.29) is 6.61 Å². The van der Waals surface area contributed by atoms with Crippen molar-refractivity contribution in [2.75, 3.05) is 13.2 Å². The topological polar surface area (TPSA) is 66.8 Å². The number of ether oxygens (including phenoxy) is 1. The normalized spacial score (nSPS) is 27.3. The van der Waals surface area contributed by atoms with Crippen LogP contribution >= 0.6 is 0 Å². The van der Waals surface area contributed by atoms with E-state index in [1.165, 1.54) is 0 Å². The average Bonchev–Trinajstić information content (AvgIpc) is 2.30. The Labute approximate surface area is 102 Å². The molecular weight excluding hydrogens is 220 g/mol. The molecule has 4 nitrogen and oxygen atoms in total. The first-order valence-electron chi connectivity index (χ1n) is 6.00. The van der Waals surface area contributed by atoms with Crippen LogP contribution in [0.4, 0.5) is 0 Å². The lowest BCUT2D eigenvalue weighted by Crippen LogP contribution is -2.44. The molecule has 0 saturated carbocycles. The fourth-order valence-electron chi connectivity index (χ4n) is 1.98. The predicted molar refractivity (Wildman–Crippen MR) is 64.7 cm³/mol. The first-order chi connectivity index (χ1) is 8.16. The van der Waals surface area contributed by atoms with E-state index in [0.717, 1.165) is 12.8 Å². The van der Waals surface area contributed by atoms with Gasteiger partial charge in [0.1, 0.15) is 11.5 Å². The van der Waals surface area contributed by atoms with E-state index >= 15 is 0 Å². The zero-order chi connectivity index (χ0) is 12.7. The van der Waals surface area contributed by atoms with Crippen LogP contribution in [0.3, 0.4) is 0 Å². The summed E-state index contributed by atoms with van der Waals surface area (Å²) < 4.78 is 5.75. The van der Waals surface area contributed by atoms with Crippen LogP contribution in [0.2, 0.25) is 0 Å². The number of aliphatic hydroxyl groups is 1. The molecule has 96 valence electrons. The molecule has 2 unspecified atom stereocenters. The minimum Gasteiger partial charge on any atom is -0.481 e. The number of aliphatic carboxylic acids is 1. The van der Waals surface area contributed by atoms with Crippen molar-refractivity contribution < 1.29 is 19.7 Å². The molecule has 4 heteroatoms. The minimum atomic E-state index is -0.921. The van der Waals surface area contributed by atoms with Gasteiger partial charge in [-0.05, 0) is 6.42 Å². The summed E-state index contributed by atoms with van der Waals surface area (Å²) in [5, 5.41) is 18.3. The Kier molecular flexibility index (Phi) is 5.38. The molecule has 1 aliphatic carbocycles. The largest absolute Gasteiger partial charge is 0.481 e. The Morgan fingerprint density at radius 2 is 2.24 bits per heavy atom. The molecule has 17 heavy (non-hydrogen) atoms. The van der Waals surface area contributed by atoms with Gasteiger partial charge in [0, 0.05) is 19.6 Å². The van der Waals surface area contributed by atoms with Gasteiger partial charge in [0.15, 0.2) is 0 Å². The highest BCUT2D eigenvalue weighted by atomic mass is 16.5. The lowest BCUT2D eigenvalue weighted by molar-refractivity contribution is -0.150. The molecule has 0 fully saturated rings. The maximum Gasteiger partial charge on any atom is 0.313 e. The molecule has 0 spiro atoms. The molecule has 1 aliphatic rings. The van der Waals surface area contributed by atoms with E-state index in [1.54, 1.807) is 24.3 Å². The standard InChI is InChI=1S/C13H20O4/c1-2-3-10-17-13(8-9-14)7-5-4-6-11(13)12(15)16/h4-7,11,14H,2-3,8-10H2,1H3,(H,15,16). The van der Waals surface area contributed by atoms with Crippen molar-refractivity contribution in [3.8, 4) is 0 Å². The summed E-state index contributed by atoms with van der Waals surface area (Å²) >= 11 is 0. The van der Waals surface area contributed by atoms with Crippen molar-refractivity contribution in [1.29, 1.82) is 0 Å². The van der Waals surface area contributed by atoms with Gasteiger partial charge in [-0.15, -0.1) is 0 Å². The molecule has 0 amide bonds. The van der Waals surface area contributed by atoms with Crippen molar-refractivity contribution in [2.45, 2.75) is 31.8 Å². The van der Waals surface area contributed by atoms with Crippen LogP contribution in [0.15, 0.2) is 24.3 Å². The van der Waals surface area contributed by atoms with Crippen LogP contribution in [0.1, 0.15) is 26.2 Å². The number of allylic oxidation sites excluding steroid dienone is 2. The van der Waals surface area contributed by atoms with Crippen LogP contribution in [0.25, 0.3) is 0 Å². The van der Waals surface area contributed by atoms with Crippen molar-refractivity contribution in [2.24, 2.45) is 5.92 Å². The third-order valence-electron chi connectivity index (χ3n) is 2.96. The number of unbranched alkanes of at least 4 members (excludes halogenated alkanes) is 1. The van der Waals surface area contributed by atoms with Gasteiger partial charge in [-0.3, -0.25) is 4.79 Å². The monoisotopic (exact) mass is 240 g/mol. The Morgan fingerprint density at radius 3 is 2.82 bits per heavy atom. The van der Waals surface area contributed by atoms with Crippen molar-refractivity contribution in [3.63, 3.8) is 0 Å². The highest BCUT2D eigenvalue weighted by Crippen LogP contribution is 2.32. The first-order valence-corrected chi connectivity index (χ1v) is 6.00. The fourth-order valence-corrected chi connectivity index (χ4v) is 1.98. The van der Waals surface area contributed by atoms with Gasteiger partial charge in [-0.2, -0.15) is 0 Å². The molecule has 0 aromatic heterocycles. The van der Waals surface area contributed by atoms with Gasteiger partial charge in [-0.1, -0.05) is 37.6 Å². The Balaban J connectivity index is 2.82. The van der Waals surface area contributed by atoms with E-state index < -0.39 is 17.5 Å². The van der Waals surface area contributed by atoms with Gasteiger partial charge in [0.2, 0.25) is 0 Å². The molecule has 0 saturated heterocycles. The van der Waals surface area contributed by atoms with Crippen LogP contribution in [-0.4, -0.2) is 35.0 Å². The number of aliphatic hydroxyl groups excluding tert-OH is 1. The average molecular weight is 240 g/mol. The first kappa shape index (κ1) is 13.9. The summed E-state index contributed by atoms with van der Waals surface area (Å²) in [6, 6.07) is 0. The molecule has 1 rings (SSSR count). The zero-order valence-corrected chi connectivity index (χ0v) is 10.1. The Hall–Kier alpha value is -1.13. The molecule has 0 aliphatic heterocycles. The number of carbonyl (C=O) groups is 1. The summed E-state index contributed by atoms with van der Waals surface area (Å²) in [6.07, 6.45) is 9.03. The summed E-state index contributed by atoms with van der Waals surface area (Å²) in [7, 11) is 0. The Morgan fingerprint density at radius 1 is 1.47 bits per heavy atom. The molecule has 2 atom stereocenters. The fraction of sp³-hybridized carbons (Fsp3) is 0.615. The summed E-state index contributed by atoms with van der Waals surface area (Å²) in [5.74, 6) is -1.65. The SMILES string of the molecule is CCCCOC1(CCO)C=CC=CC1C(=O)O. The minimum absolute atomic E-state index is 0.0892. The Bertz CT molecular complexity index is 309. The van der Waals surface area contributed by atoms with Crippen molar-refractivity contribution in [1.82, 2.24) is 0 Å². The number of carboxylic acids is 1. The van der Waals surface area contributed by atoms with Crippen LogP contribution in [-0.2, 0) is 9.53 Å². The second kappa shape index (κ2) is 6.57. The van der Waals surface area contributed by atoms with E-state index in [1.807, 2.05) is 6.92 Å². The number of hydrogen-bond acceptors (Lipinski definition) is 3. The van der Waals surface area contributed by atoms with Gasteiger partial charge in [-0.25, -0.2) is 0 Å². The second-order valence-electron chi connectivity index (χ2n) is 4.19. The molecule has 0 aromatic carbocycles. The van der Waals surface area contributed by atoms with E-state index in [9.17, 15) is 9.90 Å². The third-order valence-corrected chi connectivity index (χ3v) is 2.96. The van der Waals surface area contributed by atoms with E-state index in [0.29, 0.717) is 13.0 Å². The number of carboxylic acid groups (broad SMARTS) is 1. The molecule has 2 N–H and O–H groups in total. The summed E-state index contributed by atoms with van der Waals surface area (Å²) in [5.41, 5.74) is -0.898. The molecule has 0 radical (unpaired) electrons. The highest BCUT2D eigenvalue weighted by molar-refractivity contribution is 5.75. The van der Waals surface area contributed by atoms with Gasteiger partial charge < -0.3 is 14.9 Å². The quantitative estimate of drug-likeness (QED) is 0.665. The second-order valence-corrected chi connectivity index (χ2v) is 4.19. The zero-order valence-electron chi connectivity index (χ0n) is 10.1. The lowest BCUT2D eigenvalue weighted by Gasteiger charge is -2.36. The molecule has 0 aromatic rings. The maximum absolute atomic E-state index is 11.2. The molecule has 0 heterocycles. The van der Waals surface area contributed by atoms with Crippen molar-refractivity contribution in [3.05, 3.63) is 24.3 Å². The van der Waals surface area contributed by atoms with Gasteiger partial charge in [0.05, 0.1) is 0 Å². The lowest BCUT2D eigenvalue weighted by atomic mass is 9.81. The van der Waals surface area contributed by atoms with Crippen molar-refractivity contribution >= 4 is 5.97 Å². The van der Waals surface area contributed by atoms with Gasteiger partial charge >= 0.3 is 5.97 Å². The maximum atomic E-state index is 11.2. The van der Waals surface area contributed by atoms with E-state index in [2.05, 4.69) is 0 Å². The molecule has 0 bridgehead atoms. The summed E-state index contributed by atoms with van der Waals surface area (Å²) in [4.78, 5) is 11.2. The summed E-state index contributed by atoms with van der Waals surface area (Å²) in [6.45, 7) is 2.47.